The zero-order valence-electron chi connectivity index (χ0n) is 22.4. The summed E-state index contributed by atoms with van der Waals surface area (Å²) in [7, 11) is 3.25. The van der Waals surface area contributed by atoms with Crippen molar-refractivity contribution < 1.29 is 18.6 Å². The predicted molar refractivity (Wildman–Crippen MR) is 154 cm³/mol. The van der Waals surface area contributed by atoms with Gasteiger partial charge in [-0.25, -0.2) is 4.99 Å². The number of aryl methyl sites for hydroxylation is 1. The number of ether oxygens (including phenoxy) is 3. The average molecular weight is 556 g/mol. The number of morpholine rings is 1. The topological polar surface area (TPSA) is 78.4 Å². The van der Waals surface area contributed by atoms with Crippen molar-refractivity contribution in [2.75, 3.05) is 45.4 Å². The van der Waals surface area contributed by atoms with Crippen LogP contribution in [0, 0.1) is 0 Å². The zero-order valence-corrected chi connectivity index (χ0v) is 23.2. The van der Waals surface area contributed by atoms with Crippen LogP contribution in [0.4, 0.5) is 5.88 Å². The second kappa shape index (κ2) is 10.1. The number of thiazole rings is 1. The summed E-state index contributed by atoms with van der Waals surface area (Å²) in [6.45, 7) is 2.93. The molecule has 9 heteroatoms. The van der Waals surface area contributed by atoms with E-state index < -0.39 is 0 Å². The Hall–Kier alpha value is -4.08. The second-order valence-electron chi connectivity index (χ2n) is 10.0. The van der Waals surface area contributed by atoms with E-state index in [-0.39, 0.29) is 11.6 Å². The average Bonchev–Trinajstić information content (AvgIpc) is 3.60. The number of hydrogen-bond donors (Lipinski definition) is 0. The third-order valence-electron chi connectivity index (χ3n) is 7.80. The molecule has 7 rings (SSSR count). The van der Waals surface area contributed by atoms with Gasteiger partial charge in [-0.1, -0.05) is 41.7 Å². The van der Waals surface area contributed by atoms with Gasteiger partial charge in [0.2, 0.25) is 0 Å². The third kappa shape index (κ3) is 4.17. The molecule has 40 heavy (non-hydrogen) atoms. The van der Waals surface area contributed by atoms with E-state index >= 15 is 0 Å². The lowest BCUT2D eigenvalue weighted by molar-refractivity contribution is 0.120. The number of allylic oxidation sites excluding steroid dienone is 1. The molecule has 204 valence electrons. The van der Waals surface area contributed by atoms with Gasteiger partial charge in [-0.3, -0.25) is 9.36 Å². The Labute approximate surface area is 235 Å². The van der Waals surface area contributed by atoms with E-state index in [1.54, 1.807) is 14.2 Å². The van der Waals surface area contributed by atoms with E-state index in [0.717, 1.165) is 54.2 Å². The molecule has 0 spiro atoms. The molecule has 1 fully saturated rings. The minimum atomic E-state index is -0.304. The van der Waals surface area contributed by atoms with Crippen LogP contribution in [-0.2, 0) is 11.2 Å². The van der Waals surface area contributed by atoms with Gasteiger partial charge in [0.25, 0.3) is 5.56 Å². The Morgan fingerprint density at radius 3 is 2.65 bits per heavy atom. The van der Waals surface area contributed by atoms with Gasteiger partial charge in [0.15, 0.2) is 22.2 Å². The first-order chi connectivity index (χ1) is 19.6. The van der Waals surface area contributed by atoms with Crippen LogP contribution < -0.4 is 29.3 Å². The second-order valence-corrected chi connectivity index (χ2v) is 11.0. The number of hydrogen-bond acceptors (Lipinski definition) is 8. The van der Waals surface area contributed by atoms with Crippen molar-refractivity contribution in [3.63, 3.8) is 0 Å². The lowest BCUT2D eigenvalue weighted by Gasteiger charge is -2.31. The summed E-state index contributed by atoms with van der Waals surface area (Å²) >= 11 is 1.39. The van der Waals surface area contributed by atoms with Crippen LogP contribution in [0.1, 0.15) is 34.9 Å². The highest BCUT2D eigenvalue weighted by molar-refractivity contribution is 7.07. The molecule has 1 atom stereocenters. The highest BCUT2D eigenvalue weighted by Gasteiger charge is 2.33. The van der Waals surface area contributed by atoms with Crippen molar-refractivity contribution in [2.24, 2.45) is 4.99 Å². The summed E-state index contributed by atoms with van der Waals surface area (Å²) in [6.07, 6.45) is 3.55. The van der Waals surface area contributed by atoms with E-state index in [4.69, 9.17) is 23.6 Å². The highest BCUT2D eigenvalue weighted by atomic mass is 32.1. The van der Waals surface area contributed by atoms with Crippen LogP contribution in [0.3, 0.4) is 0 Å². The molecule has 0 saturated carbocycles. The van der Waals surface area contributed by atoms with Crippen LogP contribution in [-0.4, -0.2) is 45.1 Å². The minimum absolute atomic E-state index is 0.0849. The fraction of sp³-hybridized carbons (Fsp3) is 0.290. The fourth-order valence-electron chi connectivity index (χ4n) is 5.85. The van der Waals surface area contributed by atoms with Crippen molar-refractivity contribution in [1.82, 2.24) is 4.57 Å². The smallest absolute Gasteiger partial charge is 0.271 e. The lowest BCUT2D eigenvalue weighted by Crippen LogP contribution is -2.38. The molecule has 2 aromatic heterocycles. The SMILES string of the molecule is COc1ccc([C@H]2C3=C(N=c4s/c(=C\c5ccc(N6CCOCC6)o5)c(=O)n42)c2ccccc2CC3)cc1OC. The number of fused-ring (bicyclic) bond motifs is 3. The summed E-state index contributed by atoms with van der Waals surface area (Å²) in [5.74, 6) is 2.71. The van der Waals surface area contributed by atoms with Crippen molar-refractivity contribution >= 4 is 29.0 Å². The standard InChI is InChI=1S/C31H29N3O5S/c1-36-24-11-8-20(17-25(24)37-2)29-23-10-7-19-5-3-4-6-22(19)28(23)32-31-34(29)30(35)26(40-31)18-21-9-12-27(39-21)33-13-15-38-16-14-33/h3-6,8-9,11-12,17-18,29H,7,10,13-16H2,1-2H3/b26-18-/t29-/m0/s1. The molecule has 0 N–H and O–H groups in total. The van der Waals surface area contributed by atoms with Gasteiger partial charge in [-0.05, 0) is 47.7 Å². The fourth-order valence-corrected chi connectivity index (χ4v) is 6.83. The first kappa shape index (κ1) is 24.9. The molecular formula is C31H29N3O5S. The maximum absolute atomic E-state index is 14.0. The van der Waals surface area contributed by atoms with Gasteiger partial charge < -0.3 is 23.5 Å². The Morgan fingerprint density at radius 1 is 1.00 bits per heavy atom. The summed E-state index contributed by atoms with van der Waals surface area (Å²) in [5, 5.41) is 0. The molecule has 0 unspecified atom stereocenters. The first-order valence-corrected chi connectivity index (χ1v) is 14.2. The Kier molecular flexibility index (Phi) is 6.32. The molecule has 4 aromatic rings. The Bertz CT molecular complexity index is 1810. The number of anilines is 1. The highest BCUT2D eigenvalue weighted by Crippen LogP contribution is 2.42. The van der Waals surface area contributed by atoms with E-state index in [0.29, 0.717) is 39.8 Å². The summed E-state index contributed by atoms with van der Waals surface area (Å²) in [4.78, 5) is 22.0. The van der Waals surface area contributed by atoms with Gasteiger partial charge >= 0.3 is 0 Å². The normalized spacial score (nSPS) is 18.6. The van der Waals surface area contributed by atoms with Crippen molar-refractivity contribution in [1.29, 1.82) is 0 Å². The molecule has 0 bridgehead atoms. The van der Waals surface area contributed by atoms with Crippen molar-refractivity contribution in [2.45, 2.75) is 18.9 Å². The number of furan rings is 1. The largest absolute Gasteiger partial charge is 0.493 e. The van der Waals surface area contributed by atoms with Crippen molar-refractivity contribution in [3.05, 3.63) is 102 Å². The molecule has 1 saturated heterocycles. The maximum atomic E-state index is 14.0. The van der Waals surface area contributed by atoms with Crippen LogP contribution in [0.5, 0.6) is 11.5 Å². The van der Waals surface area contributed by atoms with Crippen LogP contribution in [0.15, 0.2) is 74.4 Å². The molecule has 2 aliphatic heterocycles. The van der Waals surface area contributed by atoms with Gasteiger partial charge in [-0.15, -0.1) is 0 Å². The van der Waals surface area contributed by atoms with Crippen LogP contribution >= 0.6 is 11.3 Å². The summed E-state index contributed by atoms with van der Waals surface area (Å²) < 4.78 is 25.1. The zero-order chi connectivity index (χ0) is 27.2. The van der Waals surface area contributed by atoms with E-state index in [2.05, 4.69) is 23.1 Å². The number of nitrogens with zero attached hydrogens (tertiary/aromatic N) is 3. The quantitative estimate of drug-likeness (QED) is 0.373. The van der Waals surface area contributed by atoms with Gasteiger partial charge in [0.05, 0.1) is 43.7 Å². The van der Waals surface area contributed by atoms with Gasteiger partial charge in [-0.2, -0.15) is 0 Å². The molecule has 3 aliphatic rings. The monoisotopic (exact) mass is 555 g/mol. The number of aromatic nitrogens is 1. The molecule has 8 nitrogen and oxygen atoms in total. The number of benzene rings is 2. The summed E-state index contributed by atoms with van der Waals surface area (Å²) in [5.41, 5.74) is 5.38. The van der Waals surface area contributed by atoms with E-state index in [9.17, 15) is 4.79 Å². The van der Waals surface area contributed by atoms with E-state index in [1.807, 2.05) is 47.0 Å². The van der Waals surface area contributed by atoms with E-state index in [1.165, 1.54) is 16.9 Å². The number of rotatable bonds is 5. The molecule has 0 amide bonds. The summed E-state index contributed by atoms with van der Waals surface area (Å²) in [6, 6.07) is 17.9. The molecule has 2 aromatic carbocycles. The molecule has 1 aliphatic carbocycles. The predicted octanol–water partition coefficient (Wildman–Crippen LogP) is 3.77. The van der Waals surface area contributed by atoms with Crippen LogP contribution in [0.25, 0.3) is 11.8 Å². The van der Waals surface area contributed by atoms with Gasteiger partial charge in [0, 0.05) is 30.8 Å². The Balaban J connectivity index is 1.39. The lowest BCUT2D eigenvalue weighted by atomic mass is 9.83. The Morgan fingerprint density at radius 2 is 1.82 bits per heavy atom. The maximum Gasteiger partial charge on any atom is 0.271 e. The number of methoxy groups -OCH3 is 2. The minimum Gasteiger partial charge on any atom is -0.493 e. The first-order valence-electron chi connectivity index (χ1n) is 13.4. The van der Waals surface area contributed by atoms with Gasteiger partial charge in [0.1, 0.15) is 5.76 Å². The molecular weight excluding hydrogens is 526 g/mol. The molecule has 4 heterocycles. The third-order valence-corrected chi connectivity index (χ3v) is 8.79. The molecule has 0 radical (unpaired) electrons. The van der Waals surface area contributed by atoms with Crippen LogP contribution in [0.2, 0.25) is 0 Å². The van der Waals surface area contributed by atoms with Crippen molar-refractivity contribution in [3.8, 4) is 11.5 Å².